The largest absolute Gasteiger partial charge is 0.326 e. The summed E-state index contributed by atoms with van der Waals surface area (Å²) in [4.78, 5) is 16.8. The molecule has 0 atom stereocenters. The lowest BCUT2D eigenvalue weighted by Gasteiger charge is -2.05. The molecule has 0 saturated carbocycles. The van der Waals surface area contributed by atoms with Gasteiger partial charge in [0.05, 0.1) is 12.1 Å². The van der Waals surface area contributed by atoms with E-state index < -0.39 is 0 Å². The average molecular weight is 321 g/mol. The van der Waals surface area contributed by atoms with Gasteiger partial charge in [0.2, 0.25) is 5.91 Å². The summed E-state index contributed by atoms with van der Waals surface area (Å²) in [6, 6.07) is 12.1. The number of aryl methyl sites for hydroxylation is 2. The molecule has 0 fully saturated rings. The molecule has 0 aliphatic carbocycles. The van der Waals surface area contributed by atoms with Crippen molar-refractivity contribution in [3.63, 3.8) is 0 Å². The summed E-state index contributed by atoms with van der Waals surface area (Å²) in [6.07, 6.45) is 7.61. The van der Waals surface area contributed by atoms with Gasteiger partial charge in [-0.1, -0.05) is 31.5 Å². The lowest BCUT2D eigenvalue weighted by atomic mass is 10.1. The fourth-order valence-electron chi connectivity index (χ4n) is 2.79. The highest BCUT2D eigenvalue weighted by Crippen LogP contribution is 2.14. The number of aromatic nitrogens is 2. The molecule has 0 unspecified atom stereocenters. The van der Waals surface area contributed by atoms with E-state index in [2.05, 4.69) is 29.4 Å². The van der Waals surface area contributed by atoms with Gasteiger partial charge in [0.25, 0.3) is 0 Å². The zero-order valence-corrected chi connectivity index (χ0v) is 14.2. The Morgan fingerprint density at radius 1 is 1.21 bits per heavy atom. The van der Waals surface area contributed by atoms with Crippen LogP contribution in [0.25, 0.3) is 5.65 Å². The van der Waals surface area contributed by atoms with Crippen molar-refractivity contribution in [3.05, 3.63) is 65.6 Å². The van der Waals surface area contributed by atoms with Crippen LogP contribution in [0.5, 0.6) is 0 Å². The Morgan fingerprint density at radius 3 is 2.71 bits per heavy atom. The van der Waals surface area contributed by atoms with E-state index in [0.29, 0.717) is 0 Å². The summed E-state index contributed by atoms with van der Waals surface area (Å²) >= 11 is 0. The number of nitrogens with zero attached hydrogens (tertiary/aromatic N) is 2. The van der Waals surface area contributed by atoms with Crippen molar-refractivity contribution in [1.29, 1.82) is 0 Å². The molecular formula is C20H23N3O. The molecule has 24 heavy (non-hydrogen) atoms. The van der Waals surface area contributed by atoms with Crippen LogP contribution < -0.4 is 5.32 Å². The molecule has 1 N–H and O–H groups in total. The van der Waals surface area contributed by atoms with Crippen LogP contribution in [-0.4, -0.2) is 15.3 Å². The van der Waals surface area contributed by atoms with Crippen LogP contribution in [0, 0.1) is 6.92 Å². The van der Waals surface area contributed by atoms with Gasteiger partial charge in [0.1, 0.15) is 5.65 Å². The number of rotatable bonds is 6. The molecule has 0 aliphatic heterocycles. The first kappa shape index (κ1) is 16.2. The Bertz CT molecular complexity index is 834. The molecule has 0 aliphatic rings. The third-order valence-corrected chi connectivity index (χ3v) is 4.13. The highest BCUT2D eigenvalue weighted by molar-refractivity contribution is 5.92. The predicted octanol–water partition coefficient (Wildman–Crippen LogP) is 4.17. The molecule has 124 valence electrons. The van der Waals surface area contributed by atoms with Gasteiger partial charge >= 0.3 is 0 Å². The number of hydrogen-bond donors (Lipinski definition) is 1. The van der Waals surface area contributed by atoms with Crippen molar-refractivity contribution in [1.82, 2.24) is 9.38 Å². The van der Waals surface area contributed by atoms with E-state index >= 15 is 0 Å². The van der Waals surface area contributed by atoms with Crippen molar-refractivity contribution in [2.75, 3.05) is 5.32 Å². The summed E-state index contributed by atoms with van der Waals surface area (Å²) in [5, 5.41) is 2.94. The molecule has 1 aromatic carbocycles. The number of anilines is 1. The summed E-state index contributed by atoms with van der Waals surface area (Å²) in [6.45, 7) is 4.21. The van der Waals surface area contributed by atoms with E-state index in [9.17, 15) is 4.79 Å². The number of unbranched alkanes of at least 4 members (excludes halogenated alkanes) is 1. The molecular weight excluding hydrogens is 298 g/mol. The number of pyridine rings is 1. The molecule has 1 amide bonds. The van der Waals surface area contributed by atoms with Gasteiger partial charge < -0.3 is 9.72 Å². The quantitative estimate of drug-likeness (QED) is 0.741. The zero-order chi connectivity index (χ0) is 16.9. The maximum atomic E-state index is 12.2. The van der Waals surface area contributed by atoms with Crippen molar-refractivity contribution in [3.8, 4) is 0 Å². The maximum Gasteiger partial charge on any atom is 0.230 e. The molecule has 3 aromatic rings. The van der Waals surface area contributed by atoms with Crippen LogP contribution in [-0.2, 0) is 17.6 Å². The number of fused-ring (bicyclic) bond motifs is 1. The minimum absolute atomic E-state index is 0.0441. The number of benzene rings is 1. The maximum absolute atomic E-state index is 12.2. The van der Waals surface area contributed by atoms with Gasteiger partial charge in [0.15, 0.2) is 0 Å². The number of nitrogens with one attached hydrogen (secondary N) is 1. The van der Waals surface area contributed by atoms with Crippen LogP contribution in [0.1, 0.15) is 36.6 Å². The van der Waals surface area contributed by atoms with E-state index in [1.165, 1.54) is 18.4 Å². The Hall–Kier alpha value is -2.62. The topological polar surface area (TPSA) is 46.4 Å². The lowest BCUT2D eigenvalue weighted by Crippen LogP contribution is -2.14. The molecule has 2 heterocycles. The van der Waals surface area contributed by atoms with Gasteiger partial charge in [-0.25, -0.2) is 4.98 Å². The van der Waals surface area contributed by atoms with Crippen molar-refractivity contribution < 1.29 is 4.79 Å². The van der Waals surface area contributed by atoms with Crippen LogP contribution in [0.4, 0.5) is 5.69 Å². The lowest BCUT2D eigenvalue weighted by molar-refractivity contribution is -0.115. The third kappa shape index (κ3) is 3.82. The fraction of sp³-hybridized carbons (Fsp3) is 0.300. The molecule has 0 radical (unpaired) electrons. The Labute approximate surface area is 142 Å². The van der Waals surface area contributed by atoms with E-state index in [0.717, 1.165) is 29.0 Å². The summed E-state index contributed by atoms with van der Waals surface area (Å²) in [7, 11) is 0. The van der Waals surface area contributed by atoms with Gasteiger partial charge in [-0.2, -0.15) is 0 Å². The SMILES string of the molecule is CCCCc1ccc(NC(=O)Cc2cn3cccc(C)c3n2)cc1. The van der Waals surface area contributed by atoms with E-state index in [-0.39, 0.29) is 12.3 Å². The summed E-state index contributed by atoms with van der Waals surface area (Å²) in [5.74, 6) is -0.0441. The van der Waals surface area contributed by atoms with Gasteiger partial charge in [-0.15, -0.1) is 0 Å². The number of hydrogen-bond acceptors (Lipinski definition) is 2. The van der Waals surface area contributed by atoms with Gasteiger partial charge in [0, 0.05) is 18.1 Å². The van der Waals surface area contributed by atoms with E-state index in [1.807, 2.05) is 48.0 Å². The monoisotopic (exact) mass is 321 g/mol. The Kier molecular flexibility index (Phi) is 4.94. The molecule has 4 heteroatoms. The molecule has 3 rings (SSSR count). The van der Waals surface area contributed by atoms with Crippen molar-refractivity contribution in [2.24, 2.45) is 0 Å². The van der Waals surface area contributed by atoms with E-state index in [4.69, 9.17) is 0 Å². The Morgan fingerprint density at radius 2 is 2.00 bits per heavy atom. The van der Waals surface area contributed by atoms with Crippen LogP contribution >= 0.6 is 0 Å². The van der Waals surface area contributed by atoms with Crippen LogP contribution in [0.15, 0.2) is 48.8 Å². The van der Waals surface area contributed by atoms with Crippen LogP contribution in [0.2, 0.25) is 0 Å². The fourth-order valence-corrected chi connectivity index (χ4v) is 2.79. The number of carbonyl (C=O) groups excluding carboxylic acids is 1. The number of carbonyl (C=O) groups is 1. The van der Waals surface area contributed by atoms with Gasteiger partial charge in [-0.05, 0) is 49.1 Å². The zero-order valence-electron chi connectivity index (χ0n) is 14.2. The summed E-state index contributed by atoms with van der Waals surface area (Å²) in [5.41, 5.74) is 4.93. The average Bonchev–Trinajstić information content (AvgIpc) is 2.98. The molecule has 0 bridgehead atoms. The van der Waals surface area contributed by atoms with Gasteiger partial charge in [-0.3, -0.25) is 4.79 Å². The molecule has 0 saturated heterocycles. The standard InChI is InChI=1S/C20H23N3O/c1-3-4-7-16-8-10-17(11-9-16)21-19(24)13-18-14-23-12-5-6-15(2)20(23)22-18/h5-6,8-12,14H,3-4,7,13H2,1-2H3,(H,21,24). The molecule has 4 nitrogen and oxygen atoms in total. The highest BCUT2D eigenvalue weighted by atomic mass is 16.1. The first-order valence-corrected chi connectivity index (χ1v) is 8.47. The normalized spacial score (nSPS) is 10.9. The minimum atomic E-state index is -0.0441. The smallest absolute Gasteiger partial charge is 0.230 e. The first-order valence-electron chi connectivity index (χ1n) is 8.47. The van der Waals surface area contributed by atoms with Crippen LogP contribution in [0.3, 0.4) is 0 Å². The predicted molar refractivity (Wildman–Crippen MR) is 97.3 cm³/mol. The second kappa shape index (κ2) is 7.30. The summed E-state index contributed by atoms with van der Waals surface area (Å²) < 4.78 is 1.96. The first-order chi connectivity index (χ1) is 11.7. The minimum Gasteiger partial charge on any atom is -0.326 e. The number of amides is 1. The van der Waals surface area contributed by atoms with E-state index in [1.54, 1.807) is 0 Å². The Balaban J connectivity index is 1.63. The second-order valence-corrected chi connectivity index (χ2v) is 6.18. The third-order valence-electron chi connectivity index (χ3n) is 4.13. The number of imidazole rings is 1. The molecule has 0 spiro atoms. The molecule has 2 aromatic heterocycles. The second-order valence-electron chi connectivity index (χ2n) is 6.18. The van der Waals surface area contributed by atoms with Crippen molar-refractivity contribution in [2.45, 2.75) is 39.5 Å². The van der Waals surface area contributed by atoms with Crippen molar-refractivity contribution >= 4 is 17.2 Å². The highest BCUT2D eigenvalue weighted by Gasteiger charge is 2.09.